The minimum atomic E-state index is 0.177. The predicted molar refractivity (Wildman–Crippen MR) is 81.0 cm³/mol. The Balaban J connectivity index is 1.50. The van der Waals surface area contributed by atoms with Gasteiger partial charge < -0.3 is 4.90 Å². The summed E-state index contributed by atoms with van der Waals surface area (Å²) >= 11 is 0. The van der Waals surface area contributed by atoms with E-state index in [0.717, 1.165) is 37.4 Å². The second kappa shape index (κ2) is 6.70. The van der Waals surface area contributed by atoms with Crippen LogP contribution in [0, 0.1) is 6.92 Å². The van der Waals surface area contributed by atoms with Crippen LogP contribution in [-0.2, 0) is 17.8 Å². The summed E-state index contributed by atoms with van der Waals surface area (Å²) in [6.07, 6.45) is 0.902. The summed E-state index contributed by atoms with van der Waals surface area (Å²) in [6.45, 7) is 5.31. The first-order chi connectivity index (χ1) is 10.7. The molecule has 0 unspecified atom stereocenters. The zero-order chi connectivity index (χ0) is 15.4. The van der Waals surface area contributed by atoms with Crippen molar-refractivity contribution >= 4 is 5.91 Å². The molecule has 1 saturated heterocycles. The van der Waals surface area contributed by atoms with E-state index in [-0.39, 0.29) is 5.91 Å². The van der Waals surface area contributed by atoms with Crippen molar-refractivity contribution in [3.8, 4) is 0 Å². The molecule has 0 bridgehead atoms. The van der Waals surface area contributed by atoms with E-state index in [1.807, 2.05) is 30.0 Å². The maximum atomic E-state index is 12.3. The summed E-state index contributed by atoms with van der Waals surface area (Å²) in [7, 11) is 0. The lowest BCUT2D eigenvalue weighted by molar-refractivity contribution is -0.136. The summed E-state index contributed by atoms with van der Waals surface area (Å²) in [5, 5.41) is 7.65. The van der Waals surface area contributed by atoms with Crippen LogP contribution < -0.4 is 0 Å². The van der Waals surface area contributed by atoms with E-state index in [4.69, 9.17) is 4.63 Å². The first kappa shape index (κ1) is 14.7. The Morgan fingerprint density at radius 3 is 2.68 bits per heavy atom. The van der Waals surface area contributed by atoms with E-state index in [1.54, 1.807) is 0 Å². The largest absolute Gasteiger partial charge is 0.340 e. The highest BCUT2D eigenvalue weighted by atomic mass is 16.6. The molecule has 3 rings (SSSR count). The molecule has 2 aromatic rings. The minimum Gasteiger partial charge on any atom is -0.340 e. The number of aromatic nitrogens is 2. The first-order valence-electron chi connectivity index (χ1n) is 7.54. The molecular formula is C16H20N4O2. The fourth-order valence-corrected chi connectivity index (χ4v) is 2.64. The third-order valence-corrected chi connectivity index (χ3v) is 4.03. The molecule has 0 aliphatic carbocycles. The number of rotatable bonds is 5. The van der Waals surface area contributed by atoms with E-state index in [9.17, 15) is 4.79 Å². The lowest BCUT2D eigenvalue weighted by atomic mass is 10.1. The number of aryl methyl sites for hydroxylation is 1. The average Bonchev–Trinajstić information content (AvgIpc) is 2.93. The van der Waals surface area contributed by atoms with E-state index in [2.05, 4.69) is 27.3 Å². The van der Waals surface area contributed by atoms with Gasteiger partial charge in [-0.15, -0.1) is 0 Å². The van der Waals surface area contributed by atoms with Crippen LogP contribution in [0.3, 0.4) is 0 Å². The van der Waals surface area contributed by atoms with Crippen LogP contribution in [0.2, 0.25) is 0 Å². The zero-order valence-electron chi connectivity index (χ0n) is 12.7. The molecule has 22 heavy (non-hydrogen) atoms. The summed E-state index contributed by atoms with van der Waals surface area (Å²) in [4.78, 5) is 16.3. The topological polar surface area (TPSA) is 62.5 Å². The van der Waals surface area contributed by atoms with Gasteiger partial charge in [-0.25, -0.2) is 4.63 Å². The molecule has 1 aromatic heterocycles. The lowest BCUT2D eigenvalue weighted by Gasteiger charge is -2.34. The standard InChI is InChI=1S/C16H20N4O2/c1-13-15(18-22-17-13)11-19-9-10-20(16(21)12-19)8-7-14-5-3-2-4-6-14/h2-6H,7-12H2,1H3. The van der Waals surface area contributed by atoms with Gasteiger partial charge in [0.25, 0.3) is 0 Å². The second-order valence-corrected chi connectivity index (χ2v) is 5.62. The van der Waals surface area contributed by atoms with Crippen molar-refractivity contribution in [2.24, 2.45) is 0 Å². The van der Waals surface area contributed by atoms with Gasteiger partial charge in [0.05, 0.1) is 6.54 Å². The molecular weight excluding hydrogens is 280 g/mol. The highest BCUT2D eigenvalue weighted by Gasteiger charge is 2.24. The number of hydrogen-bond acceptors (Lipinski definition) is 5. The molecule has 0 atom stereocenters. The Labute approximate surface area is 129 Å². The molecule has 1 aliphatic heterocycles. The van der Waals surface area contributed by atoms with Gasteiger partial charge in [-0.05, 0) is 18.9 Å². The molecule has 6 heteroatoms. The molecule has 2 heterocycles. The van der Waals surface area contributed by atoms with Crippen molar-refractivity contribution in [3.05, 3.63) is 47.3 Å². The van der Waals surface area contributed by atoms with E-state index in [0.29, 0.717) is 13.1 Å². The van der Waals surface area contributed by atoms with Gasteiger partial charge in [0, 0.05) is 26.2 Å². The smallest absolute Gasteiger partial charge is 0.236 e. The fourth-order valence-electron chi connectivity index (χ4n) is 2.64. The van der Waals surface area contributed by atoms with Gasteiger partial charge in [-0.2, -0.15) is 0 Å². The molecule has 0 radical (unpaired) electrons. The molecule has 1 fully saturated rings. The first-order valence-corrected chi connectivity index (χ1v) is 7.54. The van der Waals surface area contributed by atoms with Crippen LogP contribution in [0.25, 0.3) is 0 Å². The molecule has 1 aromatic carbocycles. The van der Waals surface area contributed by atoms with Gasteiger partial charge in [-0.1, -0.05) is 40.6 Å². The van der Waals surface area contributed by atoms with Gasteiger partial charge in [0.2, 0.25) is 5.91 Å². The van der Waals surface area contributed by atoms with Crippen LogP contribution >= 0.6 is 0 Å². The maximum Gasteiger partial charge on any atom is 0.236 e. The molecule has 116 valence electrons. The predicted octanol–water partition coefficient (Wildman–Crippen LogP) is 1.26. The SMILES string of the molecule is Cc1nonc1CN1CCN(CCc2ccccc2)C(=O)C1. The van der Waals surface area contributed by atoms with E-state index in [1.165, 1.54) is 5.56 Å². The van der Waals surface area contributed by atoms with Crippen molar-refractivity contribution in [2.75, 3.05) is 26.2 Å². The molecule has 1 aliphatic rings. The fraction of sp³-hybridized carbons (Fsp3) is 0.438. The molecule has 6 nitrogen and oxygen atoms in total. The number of nitrogens with zero attached hydrogens (tertiary/aromatic N) is 4. The highest BCUT2D eigenvalue weighted by Crippen LogP contribution is 2.11. The number of amides is 1. The Morgan fingerprint density at radius 1 is 1.18 bits per heavy atom. The van der Waals surface area contributed by atoms with Crippen molar-refractivity contribution in [1.82, 2.24) is 20.1 Å². The van der Waals surface area contributed by atoms with Crippen molar-refractivity contribution in [1.29, 1.82) is 0 Å². The van der Waals surface area contributed by atoms with Gasteiger partial charge >= 0.3 is 0 Å². The number of carbonyl (C=O) groups is 1. The van der Waals surface area contributed by atoms with Gasteiger partial charge in [0.15, 0.2) is 0 Å². The molecule has 0 spiro atoms. The number of carbonyl (C=O) groups excluding carboxylic acids is 1. The third-order valence-electron chi connectivity index (χ3n) is 4.03. The van der Waals surface area contributed by atoms with E-state index >= 15 is 0 Å². The second-order valence-electron chi connectivity index (χ2n) is 5.62. The number of piperazine rings is 1. The van der Waals surface area contributed by atoms with Crippen LogP contribution in [-0.4, -0.2) is 52.2 Å². The summed E-state index contributed by atoms with van der Waals surface area (Å²) in [5.74, 6) is 0.177. The lowest BCUT2D eigenvalue weighted by Crippen LogP contribution is -2.50. The molecule has 1 amide bonds. The van der Waals surface area contributed by atoms with Crippen LogP contribution in [0.1, 0.15) is 17.0 Å². The van der Waals surface area contributed by atoms with E-state index < -0.39 is 0 Å². The Kier molecular flexibility index (Phi) is 4.48. The van der Waals surface area contributed by atoms with Gasteiger partial charge in [-0.3, -0.25) is 9.69 Å². The van der Waals surface area contributed by atoms with Crippen molar-refractivity contribution < 1.29 is 9.42 Å². The quantitative estimate of drug-likeness (QED) is 0.832. The normalized spacial score (nSPS) is 16.2. The Morgan fingerprint density at radius 2 is 2.00 bits per heavy atom. The Bertz CT molecular complexity index is 626. The zero-order valence-corrected chi connectivity index (χ0v) is 12.7. The maximum absolute atomic E-state index is 12.3. The average molecular weight is 300 g/mol. The summed E-state index contributed by atoms with van der Waals surface area (Å²) < 4.78 is 4.70. The summed E-state index contributed by atoms with van der Waals surface area (Å²) in [5.41, 5.74) is 2.87. The molecule has 0 N–H and O–H groups in total. The molecule has 0 saturated carbocycles. The van der Waals surface area contributed by atoms with Crippen LogP contribution in [0.5, 0.6) is 0 Å². The van der Waals surface area contributed by atoms with Gasteiger partial charge in [0.1, 0.15) is 11.4 Å². The number of benzene rings is 1. The van der Waals surface area contributed by atoms with Crippen LogP contribution in [0.4, 0.5) is 0 Å². The highest BCUT2D eigenvalue weighted by molar-refractivity contribution is 5.79. The summed E-state index contributed by atoms with van der Waals surface area (Å²) in [6, 6.07) is 10.3. The Hall–Kier alpha value is -2.21. The van der Waals surface area contributed by atoms with Crippen molar-refractivity contribution in [3.63, 3.8) is 0 Å². The monoisotopic (exact) mass is 300 g/mol. The van der Waals surface area contributed by atoms with Crippen LogP contribution in [0.15, 0.2) is 35.0 Å². The third kappa shape index (κ3) is 3.51. The minimum absolute atomic E-state index is 0.177. The van der Waals surface area contributed by atoms with Crippen molar-refractivity contribution in [2.45, 2.75) is 19.9 Å². The number of hydrogen-bond donors (Lipinski definition) is 0.